The van der Waals surface area contributed by atoms with Crippen molar-refractivity contribution in [3.8, 4) is 0 Å². The van der Waals surface area contributed by atoms with Crippen LogP contribution in [-0.4, -0.2) is 33.8 Å². The van der Waals surface area contributed by atoms with Crippen LogP contribution in [0.5, 0.6) is 0 Å². The summed E-state index contributed by atoms with van der Waals surface area (Å²) in [4.78, 5) is 2.76. The molecule has 1 heterocycles. The second-order valence-electron chi connectivity index (χ2n) is 5.19. The largest absolute Gasteiger partial charge is 0.369 e. The molecule has 1 fully saturated rings. The summed E-state index contributed by atoms with van der Waals surface area (Å²) in [6.07, 6.45) is 5.80. The van der Waals surface area contributed by atoms with E-state index in [1.54, 1.807) is 12.1 Å². The lowest BCUT2D eigenvalue weighted by Gasteiger charge is -2.27. The molecule has 5 heteroatoms. The van der Waals surface area contributed by atoms with Crippen LogP contribution in [0.15, 0.2) is 29.2 Å². The Morgan fingerprint density at radius 1 is 1.32 bits per heavy atom. The van der Waals surface area contributed by atoms with Crippen LogP contribution in [0.1, 0.15) is 25.7 Å². The van der Waals surface area contributed by atoms with Crippen molar-refractivity contribution in [2.24, 2.45) is 5.73 Å². The minimum absolute atomic E-state index is 0.383. The molecular formula is C14H22N2O2S. The van der Waals surface area contributed by atoms with Gasteiger partial charge in [0, 0.05) is 24.5 Å². The van der Waals surface area contributed by atoms with E-state index < -0.39 is 9.84 Å². The van der Waals surface area contributed by atoms with Gasteiger partial charge in [0.25, 0.3) is 0 Å². The highest BCUT2D eigenvalue weighted by molar-refractivity contribution is 7.90. The lowest BCUT2D eigenvalue weighted by atomic mass is 10.1. The van der Waals surface area contributed by atoms with Gasteiger partial charge in [-0.3, -0.25) is 0 Å². The quantitative estimate of drug-likeness (QED) is 0.894. The maximum atomic E-state index is 11.4. The number of nitrogens with zero attached hydrogens (tertiary/aromatic N) is 1. The topological polar surface area (TPSA) is 63.4 Å². The molecule has 2 rings (SSSR count). The fourth-order valence-electron chi connectivity index (χ4n) is 2.71. The Hall–Kier alpha value is -1.07. The molecular weight excluding hydrogens is 260 g/mol. The lowest BCUT2D eigenvalue weighted by Crippen LogP contribution is -2.29. The van der Waals surface area contributed by atoms with E-state index in [2.05, 4.69) is 4.90 Å². The third kappa shape index (κ3) is 3.48. The molecule has 1 aromatic rings. The van der Waals surface area contributed by atoms with Crippen LogP contribution in [-0.2, 0) is 9.84 Å². The molecule has 0 aliphatic carbocycles. The molecule has 1 aliphatic heterocycles. The molecule has 0 spiro atoms. The zero-order chi connectivity index (χ0) is 13.9. The fraction of sp³-hybridized carbons (Fsp3) is 0.571. The molecule has 19 heavy (non-hydrogen) atoms. The summed E-state index contributed by atoms with van der Waals surface area (Å²) in [6, 6.07) is 7.77. The molecule has 0 saturated carbocycles. The summed E-state index contributed by atoms with van der Waals surface area (Å²) in [5, 5.41) is 0. The van der Waals surface area contributed by atoms with Gasteiger partial charge >= 0.3 is 0 Å². The van der Waals surface area contributed by atoms with Gasteiger partial charge in [-0.15, -0.1) is 0 Å². The van der Waals surface area contributed by atoms with E-state index in [1.165, 1.54) is 19.1 Å². The van der Waals surface area contributed by atoms with Gasteiger partial charge in [0.2, 0.25) is 0 Å². The Balaban J connectivity index is 2.13. The van der Waals surface area contributed by atoms with Crippen molar-refractivity contribution >= 4 is 15.5 Å². The zero-order valence-corrected chi connectivity index (χ0v) is 12.2. The van der Waals surface area contributed by atoms with Crippen molar-refractivity contribution in [2.75, 3.05) is 24.2 Å². The Morgan fingerprint density at radius 3 is 2.58 bits per heavy atom. The summed E-state index contributed by atoms with van der Waals surface area (Å²) in [5.74, 6) is 0. The average Bonchev–Trinajstić information content (AvgIpc) is 2.83. The van der Waals surface area contributed by atoms with E-state index in [0.717, 1.165) is 31.6 Å². The van der Waals surface area contributed by atoms with Crippen LogP contribution >= 0.6 is 0 Å². The molecule has 1 atom stereocenters. The first-order chi connectivity index (χ1) is 9.02. The summed E-state index contributed by atoms with van der Waals surface area (Å²) in [6.45, 7) is 1.78. The summed E-state index contributed by atoms with van der Waals surface area (Å²) >= 11 is 0. The average molecular weight is 282 g/mol. The fourth-order valence-corrected chi connectivity index (χ4v) is 3.34. The third-order valence-electron chi connectivity index (χ3n) is 3.72. The Kier molecular flexibility index (Phi) is 4.47. The van der Waals surface area contributed by atoms with E-state index in [-0.39, 0.29) is 0 Å². The molecule has 106 valence electrons. The van der Waals surface area contributed by atoms with Crippen LogP contribution < -0.4 is 10.6 Å². The molecule has 1 aliphatic rings. The van der Waals surface area contributed by atoms with E-state index in [9.17, 15) is 8.42 Å². The Morgan fingerprint density at radius 2 is 2.00 bits per heavy atom. The third-order valence-corrected chi connectivity index (χ3v) is 4.84. The lowest BCUT2D eigenvalue weighted by molar-refractivity contribution is 0.585. The molecule has 4 nitrogen and oxygen atoms in total. The van der Waals surface area contributed by atoms with Crippen molar-refractivity contribution < 1.29 is 8.42 Å². The minimum atomic E-state index is -3.11. The molecule has 1 saturated heterocycles. The van der Waals surface area contributed by atoms with Gasteiger partial charge in [-0.25, -0.2) is 8.42 Å². The van der Waals surface area contributed by atoms with Crippen molar-refractivity contribution in [3.63, 3.8) is 0 Å². The van der Waals surface area contributed by atoms with Gasteiger partial charge < -0.3 is 10.6 Å². The van der Waals surface area contributed by atoms with Crippen LogP contribution in [0.3, 0.4) is 0 Å². The van der Waals surface area contributed by atoms with Crippen molar-refractivity contribution in [2.45, 2.75) is 36.6 Å². The number of nitrogens with two attached hydrogens (primary N) is 1. The smallest absolute Gasteiger partial charge is 0.175 e. The Bertz CT molecular complexity index is 511. The number of benzene rings is 1. The second kappa shape index (κ2) is 5.92. The highest BCUT2D eigenvalue weighted by Crippen LogP contribution is 2.28. The summed E-state index contributed by atoms with van der Waals surface area (Å²) < 4.78 is 22.9. The molecule has 0 aromatic heterocycles. The number of hydrogen-bond acceptors (Lipinski definition) is 4. The first-order valence-electron chi connectivity index (χ1n) is 6.79. The maximum absolute atomic E-state index is 11.4. The number of sulfone groups is 1. The monoisotopic (exact) mass is 282 g/mol. The van der Waals surface area contributed by atoms with E-state index in [0.29, 0.717) is 10.9 Å². The van der Waals surface area contributed by atoms with Gasteiger partial charge in [-0.05, 0) is 56.5 Å². The van der Waals surface area contributed by atoms with Gasteiger partial charge in [-0.2, -0.15) is 0 Å². The minimum Gasteiger partial charge on any atom is -0.369 e. The molecule has 0 bridgehead atoms. The number of anilines is 1. The van der Waals surface area contributed by atoms with Crippen molar-refractivity contribution in [1.82, 2.24) is 0 Å². The SMILES string of the molecule is CS(=O)(=O)c1ccc(N2CCCC2CCCN)cc1. The predicted octanol–water partition coefficient (Wildman–Crippen LogP) is 1.80. The van der Waals surface area contributed by atoms with Crippen molar-refractivity contribution in [1.29, 1.82) is 0 Å². The number of rotatable bonds is 5. The van der Waals surface area contributed by atoms with Gasteiger partial charge in [-0.1, -0.05) is 0 Å². The molecule has 2 N–H and O–H groups in total. The van der Waals surface area contributed by atoms with Crippen LogP contribution in [0.2, 0.25) is 0 Å². The number of hydrogen-bond donors (Lipinski definition) is 1. The van der Waals surface area contributed by atoms with E-state index in [4.69, 9.17) is 5.73 Å². The first kappa shape index (κ1) is 14.3. The molecule has 1 aromatic carbocycles. The highest BCUT2D eigenvalue weighted by Gasteiger charge is 2.24. The first-order valence-corrected chi connectivity index (χ1v) is 8.68. The van der Waals surface area contributed by atoms with Crippen LogP contribution in [0.25, 0.3) is 0 Å². The van der Waals surface area contributed by atoms with Crippen LogP contribution in [0, 0.1) is 0 Å². The summed E-state index contributed by atoms with van der Waals surface area (Å²) in [5.41, 5.74) is 6.69. The summed E-state index contributed by atoms with van der Waals surface area (Å²) in [7, 11) is -3.11. The van der Waals surface area contributed by atoms with Gasteiger partial charge in [0.05, 0.1) is 4.90 Å². The van der Waals surface area contributed by atoms with E-state index >= 15 is 0 Å². The maximum Gasteiger partial charge on any atom is 0.175 e. The highest BCUT2D eigenvalue weighted by atomic mass is 32.2. The van der Waals surface area contributed by atoms with Gasteiger partial charge in [0.1, 0.15) is 0 Å². The predicted molar refractivity (Wildman–Crippen MR) is 78.2 cm³/mol. The zero-order valence-electron chi connectivity index (χ0n) is 11.4. The van der Waals surface area contributed by atoms with Gasteiger partial charge in [0.15, 0.2) is 9.84 Å². The van der Waals surface area contributed by atoms with E-state index in [1.807, 2.05) is 12.1 Å². The molecule has 0 radical (unpaired) electrons. The molecule has 0 amide bonds. The normalized spacial score (nSPS) is 19.9. The second-order valence-corrected chi connectivity index (χ2v) is 7.20. The molecule has 1 unspecified atom stereocenters. The standard InChI is InChI=1S/C14H22N2O2S/c1-19(17,18)14-8-6-13(7-9-14)16-11-3-5-12(16)4-2-10-15/h6-9,12H,2-5,10-11,15H2,1H3. The van der Waals surface area contributed by atoms with Crippen LogP contribution in [0.4, 0.5) is 5.69 Å². The Labute approximate surface area is 115 Å². The van der Waals surface area contributed by atoms with Crippen molar-refractivity contribution in [3.05, 3.63) is 24.3 Å².